The standard InChI is InChI=1S/C9H10ClN3O5/c1-9(16,8(14)15)4-12-7-6(13(17)18)2-5(10)3-11-7/h2-3,16H,4H2,1H3,(H,11,12)(H,14,15). The molecule has 98 valence electrons. The van der Waals surface area contributed by atoms with E-state index in [0.29, 0.717) is 0 Å². The highest BCUT2D eigenvalue weighted by Crippen LogP contribution is 2.25. The number of halogens is 1. The summed E-state index contributed by atoms with van der Waals surface area (Å²) in [6.45, 7) is 0.627. The molecule has 0 amide bonds. The molecule has 1 heterocycles. The molecule has 9 heteroatoms. The zero-order chi connectivity index (χ0) is 13.9. The van der Waals surface area contributed by atoms with E-state index >= 15 is 0 Å². The summed E-state index contributed by atoms with van der Waals surface area (Å²) in [5, 5.41) is 31.3. The molecule has 0 bridgehead atoms. The van der Waals surface area contributed by atoms with Crippen LogP contribution in [0.2, 0.25) is 5.02 Å². The molecule has 8 nitrogen and oxygen atoms in total. The van der Waals surface area contributed by atoms with Gasteiger partial charge in [0.25, 0.3) is 0 Å². The third-order valence-electron chi connectivity index (χ3n) is 2.09. The number of aromatic nitrogens is 1. The fourth-order valence-corrected chi connectivity index (χ4v) is 1.19. The van der Waals surface area contributed by atoms with Gasteiger partial charge in [-0.15, -0.1) is 0 Å². The lowest BCUT2D eigenvalue weighted by Gasteiger charge is -2.18. The highest BCUT2D eigenvalue weighted by molar-refractivity contribution is 6.30. The average Bonchev–Trinajstić information content (AvgIpc) is 2.27. The van der Waals surface area contributed by atoms with E-state index in [-0.39, 0.29) is 10.8 Å². The van der Waals surface area contributed by atoms with Gasteiger partial charge in [0.05, 0.1) is 16.5 Å². The molecule has 3 N–H and O–H groups in total. The number of carboxylic acids is 1. The summed E-state index contributed by atoms with van der Waals surface area (Å²) in [4.78, 5) is 24.3. The second kappa shape index (κ2) is 5.15. The molecule has 1 rings (SSSR count). The van der Waals surface area contributed by atoms with Crippen molar-refractivity contribution < 1.29 is 19.9 Å². The van der Waals surface area contributed by atoms with Crippen molar-refractivity contribution in [3.8, 4) is 0 Å². The summed E-state index contributed by atoms with van der Waals surface area (Å²) in [6, 6.07) is 1.08. The molecule has 18 heavy (non-hydrogen) atoms. The lowest BCUT2D eigenvalue weighted by molar-refractivity contribution is -0.384. The van der Waals surface area contributed by atoms with E-state index in [1.54, 1.807) is 0 Å². The number of carboxylic acid groups (broad SMARTS) is 1. The lowest BCUT2D eigenvalue weighted by Crippen LogP contribution is -2.42. The van der Waals surface area contributed by atoms with E-state index in [4.69, 9.17) is 16.7 Å². The van der Waals surface area contributed by atoms with Gasteiger partial charge in [0.2, 0.25) is 5.82 Å². The van der Waals surface area contributed by atoms with Crippen LogP contribution < -0.4 is 5.32 Å². The molecular formula is C9H10ClN3O5. The number of nitro groups is 1. The first-order valence-corrected chi connectivity index (χ1v) is 5.11. The van der Waals surface area contributed by atoms with Gasteiger partial charge in [0, 0.05) is 12.3 Å². The molecule has 0 fully saturated rings. The van der Waals surface area contributed by atoms with E-state index in [1.807, 2.05) is 0 Å². The lowest BCUT2D eigenvalue weighted by atomic mass is 10.1. The Balaban J connectivity index is 2.92. The highest BCUT2D eigenvalue weighted by atomic mass is 35.5. The zero-order valence-corrected chi connectivity index (χ0v) is 10.0. The molecular weight excluding hydrogens is 266 g/mol. The quantitative estimate of drug-likeness (QED) is 0.538. The fourth-order valence-electron chi connectivity index (χ4n) is 1.04. The average molecular weight is 276 g/mol. The number of nitrogens with one attached hydrogen (secondary N) is 1. The normalized spacial score (nSPS) is 13.7. The molecule has 0 aliphatic carbocycles. The SMILES string of the molecule is CC(O)(CNc1ncc(Cl)cc1[N+](=O)[O-])C(=O)O. The summed E-state index contributed by atoms with van der Waals surface area (Å²) < 4.78 is 0. The van der Waals surface area contributed by atoms with Gasteiger partial charge in [0.15, 0.2) is 5.60 Å². The van der Waals surface area contributed by atoms with Crippen molar-refractivity contribution in [2.75, 3.05) is 11.9 Å². The minimum atomic E-state index is -2.06. The van der Waals surface area contributed by atoms with Crippen molar-refractivity contribution in [1.29, 1.82) is 0 Å². The predicted molar refractivity (Wildman–Crippen MR) is 62.7 cm³/mol. The number of aliphatic carboxylic acids is 1. The van der Waals surface area contributed by atoms with Gasteiger partial charge in [-0.1, -0.05) is 11.6 Å². The number of anilines is 1. The summed E-state index contributed by atoms with van der Waals surface area (Å²) in [5.74, 6) is -1.61. The number of hydrogen-bond donors (Lipinski definition) is 3. The number of aliphatic hydroxyl groups is 1. The van der Waals surface area contributed by atoms with Gasteiger partial charge in [-0.3, -0.25) is 10.1 Å². The van der Waals surface area contributed by atoms with Crippen LogP contribution in [-0.4, -0.2) is 38.2 Å². The second-order valence-corrected chi connectivity index (χ2v) is 4.15. The van der Waals surface area contributed by atoms with Crippen LogP contribution in [0, 0.1) is 10.1 Å². The van der Waals surface area contributed by atoms with E-state index in [1.165, 1.54) is 6.20 Å². The van der Waals surface area contributed by atoms with Crippen LogP contribution in [0.1, 0.15) is 6.92 Å². The second-order valence-electron chi connectivity index (χ2n) is 3.71. The van der Waals surface area contributed by atoms with Gasteiger partial charge in [-0.2, -0.15) is 0 Å². The molecule has 0 aliphatic rings. The van der Waals surface area contributed by atoms with Crippen molar-refractivity contribution in [3.05, 3.63) is 27.4 Å². The molecule has 1 aromatic heterocycles. The third kappa shape index (κ3) is 3.28. The minimum Gasteiger partial charge on any atom is -0.479 e. The Hall–Kier alpha value is -1.93. The largest absolute Gasteiger partial charge is 0.479 e. The van der Waals surface area contributed by atoms with Crippen LogP contribution in [0.5, 0.6) is 0 Å². The molecule has 0 aliphatic heterocycles. The molecule has 0 radical (unpaired) electrons. The van der Waals surface area contributed by atoms with Gasteiger partial charge < -0.3 is 15.5 Å². The summed E-state index contributed by atoms with van der Waals surface area (Å²) in [6.07, 6.45) is 1.17. The van der Waals surface area contributed by atoms with Gasteiger partial charge >= 0.3 is 11.7 Å². The van der Waals surface area contributed by atoms with Crippen LogP contribution in [0.15, 0.2) is 12.3 Å². The summed E-state index contributed by atoms with van der Waals surface area (Å²) >= 11 is 5.56. The molecule has 1 atom stereocenters. The first-order valence-electron chi connectivity index (χ1n) is 4.73. The maximum Gasteiger partial charge on any atom is 0.337 e. The van der Waals surface area contributed by atoms with Gasteiger partial charge in [-0.05, 0) is 6.92 Å². The van der Waals surface area contributed by atoms with Gasteiger partial charge in [0.1, 0.15) is 0 Å². The first-order chi connectivity index (χ1) is 8.24. The Morgan fingerprint density at radius 1 is 1.72 bits per heavy atom. The van der Waals surface area contributed by atoms with Crippen LogP contribution in [0.25, 0.3) is 0 Å². The molecule has 0 spiro atoms. The summed E-state index contributed by atoms with van der Waals surface area (Å²) in [7, 11) is 0. The van der Waals surface area contributed by atoms with Gasteiger partial charge in [-0.25, -0.2) is 9.78 Å². The Morgan fingerprint density at radius 3 is 2.83 bits per heavy atom. The van der Waals surface area contributed by atoms with E-state index in [2.05, 4.69) is 10.3 Å². The zero-order valence-electron chi connectivity index (χ0n) is 9.25. The number of pyridine rings is 1. The van der Waals surface area contributed by atoms with Crippen LogP contribution in [-0.2, 0) is 4.79 Å². The Labute approximate surface area is 106 Å². The number of nitrogens with zero attached hydrogens (tertiary/aromatic N) is 2. The first kappa shape index (κ1) is 14.1. The van der Waals surface area contributed by atoms with E-state index < -0.39 is 28.7 Å². The highest BCUT2D eigenvalue weighted by Gasteiger charge is 2.30. The Kier molecular flexibility index (Phi) is 4.04. The molecule has 0 saturated carbocycles. The minimum absolute atomic E-state index is 0.0808. The molecule has 0 aromatic carbocycles. The predicted octanol–water partition coefficient (Wildman–Crippen LogP) is 0.891. The van der Waals surface area contributed by atoms with Crippen LogP contribution >= 0.6 is 11.6 Å². The van der Waals surface area contributed by atoms with Crippen LogP contribution in [0.3, 0.4) is 0 Å². The van der Waals surface area contributed by atoms with Crippen molar-refractivity contribution in [1.82, 2.24) is 4.98 Å². The smallest absolute Gasteiger partial charge is 0.337 e. The molecule has 0 saturated heterocycles. The van der Waals surface area contributed by atoms with Crippen LogP contribution in [0.4, 0.5) is 11.5 Å². The monoisotopic (exact) mass is 275 g/mol. The number of hydrogen-bond acceptors (Lipinski definition) is 6. The van der Waals surface area contributed by atoms with Crippen molar-refractivity contribution >= 4 is 29.1 Å². The number of carbonyl (C=O) groups is 1. The maximum atomic E-state index is 10.7. The maximum absolute atomic E-state index is 10.7. The third-order valence-corrected chi connectivity index (χ3v) is 2.30. The van der Waals surface area contributed by atoms with Crippen molar-refractivity contribution in [2.24, 2.45) is 0 Å². The van der Waals surface area contributed by atoms with Crippen molar-refractivity contribution in [3.63, 3.8) is 0 Å². The fraction of sp³-hybridized carbons (Fsp3) is 0.333. The van der Waals surface area contributed by atoms with E-state index in [0.717, 1.165) is 13.0 Å². The van der Waals surface area contributed by atoms with Crippen molar-refractivity contribution in [2.45, 2.75) is 12.5 Å². The molecule has 1 aromatic rings. The molecule has 1 unspecified atom stereocenters. The number of rotatable bonds is 5. The summed E-state index contributed by atoms with van der Waals surface area (Å²) in [5.41, 5.74) is -2.46. The topological polar surface area (TPSA) is 126 Å². The Morgan fingerprint density at radius 2 is 2.33 bits per heavy atom. The Bertz CT molecular complexity index is 491. The van der Waals surface area contributed by atoms with E-state index in [9.17, 15) is 20.0 Å².